The summed E-state index contributed by atoms with van der Waals surface area (Å²) in [5.74, 6) is 0.670. The van der Waals surface area contributed by atoms with E-state index < -0.39 is 6.10 Å². The number of carbonyl (C=O) groups excluding carboxylic acids is 2. The second-order valence-corrected chi connectivity index (χ2v) is 8.59. The van der Waals surface area contributed by atoms with Crippen molar-refractivity contribution in [3.05, 3.63) is 83.8 Å². The van der Waals surface area contributed by atoms with Gasteiger partial charge >= 0.3 is 0 Å². The van der Waals surface area contributed by atoms with E-state index in [2.05, 4.69) is 31.4 Å². The number of hydrogen-bond donors (Lipinski definition) is 2. The van der Waals surface area contributed by atoms with E-state index in [0.29, 0.717) is 29.2 Å². The third-order valence-corrected chi connectivity index (χ3v) is 5.09. The number of amides is 2. The Bertz CT molecular complexity index is 1030. The van der Waals surface area contributed by atoms with Crippen molar-refractivity contribution < 1.29 is 18.7 Å². The minimum Gasteiger partial charge on any atom is -0.481 e. The number of para-hydroxylation sites is 1. The lowest BCUT2D eigenvalue weighted by Gasteiger charge is -2.21. The van der Waals surface area contributed by atoms with E-state index in [1.807, 2.05) is 31.2 Å². The largest absolute Gasteiger partial charge is 0.481 e. The zero-order valence-electron chi connectivity index (χ0n) is 19.0. The van der Waals surface area contributed by atoms with Gasteiger partial charge in [-0.3, -0.25) is 9.59 Å². The third kappa shape index (κ3) is 6.00. The molecule has 6 heteroatoms. The summed E-state index contributed by atoms with van der Waals surface area (Å²) in [6.07, 6.45) is 1.35. The van der Waals surface area contributed by atoms with Crippen LogP contribution in [0.5, 0.6) is 5.75 Å². The van der Waals surface area contributed by atoms with Gasteiger partial charge in [-0.05, 0) is 53.8 Å². The maximum absolute atomic E-state index is 12.9. The Morgan fingerprint density at radius 2 is 1.72 bits per heavy atom. The molecule has 32 heavy (non-hydrogen) atoms. The van der Waals surface area contributed by atoms with Gasteiger partial charge < -0.3 is 19.8 Å². The Balaban J connectivity index is 1.66. The third-order valence-electron chi connectivity index (χ3n) is 5.09. The van der Waals surface area contributed by atoms with Crippen LogP contribution in [0.25, 0.3) is 0 Å². The summed E-state index contributed by atoms with van der Waals surface area (Å²) >= 11 is 0. The lowest BCUT2D eigenvalue weighted by molar-refractivity contribution is -0.122. The van der Waals surface area contributed by atoms with Crippen molar-refractivity contribution in [3.8, 4) is 5.75 Å². The van der Waals surface area contributed by atoms with Crippen LogP contribution in [-0.2, 0) is 16.8 Å². The van der Waals surface area contributed by atoms with E-state index >= 15 is 0 Å². The molecule has 0 spiro atoms. The van der Waals surface area contributed by atoms with E-state index in [9.17, 15) is 9.59 Å². The normalized spacial score (nSPS) is 12.1. The fraction of sp³-hybridized carbons (Fsp3) is 0.308. The predicted octanol–water partition coefficient (Wildman–Crippen LogP) is 5.30. The summed E-state index contributed by atoms with van der Waals surface area (Å²) in [4.78, 5) is 25.6. The summed E-state index contributed by atoms with van der Waals surface area (Å²) in [7, 11) is 0. The Morgan fingerprint density at radius 3 is 2.34 bits per heavy atom. The van der Waals surface area contributed by atoms with Crippen LogP contribution in [0.3, 0.4) is 0 Å². The van der Waals surface area contributed by atoms with Gasteiger partial charge in [0.25, 0.3) is 11.8 Å². The number of furan rings is 1. The molecule has 0 aliphatic carbocycles. The molecule has 1 atom stereocenters. The summed E-state index contributed by atoms with van der Waals surface area (Å²) in [6, 6.07) is 18.2. The van der Waals surface area contributed by atoms with Gasteiger partial charge in [-0.25, -0.2) is 0 Å². The molecule has 2 amide bonds. The molecule has 0 radical (unpaired) electrons. The van der Waals surface area contributed by atoms with Crippen LogP contribution in [0.15, 0.2) is 71.3 Å². The first-order chi connectivity index (χ1) is 15.3. The number of nitrogens with one attached hydrogen (secondary N) is 2. The number of hydrogen-bond acceptors (Lipinski definition) is 4. The maximum Gasteiger partial charge on any atom is 0.265 e. The molecular weight excluding hydrogens is 404 g/mol. The molecule has 0 bridgehead atoms. The zero-order valence-corrected chi connectivity index (χ0v) is 19.0. The van der Waals surface area contributed by atoms with Crippen LogP contribution in [0.4, 0.5) is 5.69 Å². The molecule has 0 aliphatic rings. The molecule has 6 nitrogen and oxygen atoms in total. The molecule has 0 saturated carbocycles. The van der Waals surface area contributed by atoms with Crippen LogP contribution in [0, 0.1) is 0 Å². The van der Waals surface area contributed by atoms with Gasteiger partial charge in [0.05, 0.1) is 24.1 Å². The van der Waals surface area contributed by atoms with Crippen molar-refractivity contribution in [1.82, 2.24) is 5.32 Å². The van der Waals surface area contributed by atoms with Crippen LogP contribution < -0.4 is 15.4 Å². The predicted molar refractivity (Wildman–Crippen MR) is 125 cm³/mol. The molecule has 0 aliphatic heterocycles. The molecule has 1 aromatic heterocycles. The van der Waals surface area contributed by atoms with Gasteiger partial charge in [0.1, 0.15) is 11.5 Å². The molecule has 1 heterocycles. The number of ether oxygens (including phenoxy) is 1. The van der Waals surface area contributed by atoms with Crippen LogP contribution in [0.2, 0.25) is 0 Å². The Kier molecular flexibility index (Phi) is 7.36. The molecule has 1 unspecified atom stereocenters. The highest BCUT2D eigenvalue weighted by Crippen LogP contribution is 2.25. The SMILES string of the molecule is CCC(Oc1ccc(C(C)(C)C)cc1)C(=O)Nc1ccccc1C(=O)NCc1ccco1. The zero-order chi connectivity index (χ0) is 23.1. The number of benzene rings is 2. The molecule has 168 valence electrons. The van der Waals surface area contributed by atoms with Gasteiger partial charge in [0.15, 0.2) is 6.10 Å². The molecular formula is C26H30N2O4. The van der Waals surface area contributed by atoms with E-state index in [0.717, 1.165) is 0 Å². The first kappa shape index (κ1) is 23.1. The molecule has 3 aromatic rings. The quantitative estimate of drug-likeness (QED) is 0.504. The summed E-state index contributed by atoms with van der Waals surface area (Å²) in [5, 5.41) is 5.64. The molecule has 0 fully saturated rings. The van der Waals surface area contributed by atoms with Gasteiger partial charge in [-0.15, -0.1) is 0 Å². The summed E-state index contributed by atoms with van der Waals surface area (Å²) in [6.45, 7) is 8.59. The van der Waals surface area contributed by atoms with Crippen LogP contribution >= 0.6 is 0 Å². The lowest BCUT2D eigenvalue weighted by atomic mass is 9.87. The maximum atomic E-state index is 12.9. The second-order valence-electron chi connectivity index (χ2n) is 8.59. The second kappa shape index (κ2) is 10.2. The first-order valence-electron chi connectivity index (χ1n) is 10.8. The Labute approximate surface area is 189 Å². The highest BCUT2D eigenvalue weighted by atomic mass is 16.5. The highest BCUT2D eigenvalue weighted by Gasteiger charge is 2.21. The Morgan fingerprint density at radius 1 is 1.00 bits per heavy atom. The van der Waals surface area contributed by atoms with E-state index in [1.54, 1.807) is 42.7 Å². The fourth-order valence-corrected chi connectivity index (χ4v) is 3.20. The summed E-state index contributed by atoms with van der Waals surface area (Å²) < 4.78 is 11.2. The smallest absolute Gasteiger partial charge is 0.265 e. The molecule has 2 N–H and O–H groups in total. The van der Waals surface area contributed by atoms with Crippen molar-refractivity contribution >= 4 is 17.5 Å². The monoisotopic (exact) mass is 434 g/mol. The number of carbonyl (C=O) groups is 2. The fourth-order valence-electron chi connectivity index (χ4n) is 3.20. The topological polar surface area (TPSA) is 80.6 Å². The van der Waals surface area contributed by atoms with E-state index in [4.69, 9.17) is 9.15 Å². The van der Waals surface area contributed by atoms with Gasteiger partial charge in [-0.2, -0.15) is 0 Å². The van der Waals surface area contributed by atoms with Gasteiger partial charge in [-0.1, -0.05) is 52.0 Å². The van der Waals surface area contributed by atoms with Gasteiger partial charge in [0.2, 0.25) is 0 Å². The minimum atomic E-state index is -0.685. The molecule has 0 saturated heterocycles. The average molecular weight is 435 g/mol. The molecule has 3 rings (SSSR count). The highest BCUT2D eigenvalue weighted by molar-refractivity contribution is 6.04. The molecule has 2 aromatic carbocycles. The number of anilines is 1. The average Bonchev–Trinajstić information content (AvgIpc) is 3.29. The number of rotatable bonds is 8. The summed E-state index contributed by atoms with van der Waals surface area (Å²) in [5.41, 5.74) is 2.04. The Hall–Kier alpha value is -3.54. The van der Waals surface area contributed by atoms with Crippen molar-refractivity contribution in [1.29, 1.82) is 0 Å². The van der Waals surface area contributed by atoms with Crippen molar-refractivity contribution in [2.75, 3.05) is 5.32 Å². The first-order valence-corrected chi connectivity index (χ1v) is 10.8. The van der Waals surface area contributed by atoms with E-state index in [-0.39, 0.29) is 23.8 Å². The van der Waals surface area contributed by atoms with Crippen LogP contribution in [-0.4, -0.2) is 17.9 Å². The van der Waals surface area contributed by atoms with Crippen molar-refractivity contribution in [2.45, 2.75) is 52.2 Å². The lowest BCUT2D eigenvalue weighted by Crippen LogP contribution is -2.33. The van der Waals surface area contributed by atoms with Gasteiger partial charge in [0, 0.05) is 0 Å². The van der Waals surface area contributed by atoms with Crippen molar-refractivity contribution in [3.63, 3.8) is 0 Å². The minimum absolute atomic E-state index is 0.0429. The van der Waals surface area contributed by atoms with E-state index in [1.165, 1.54) is 5.56 Å². The van der Waals surface area contributed by atoms with Crippen LogP contribution in [0.1, 0.15) is 55.8 Å². The van der Waals surface area contributed by atoms with Crippen molar-refractivity contribution in [2.24, 2.45) is 0 Å². The standard InChI is InChI=1S/C26H30N2O4/c1-5-23(32-19-14-12-18(13-15-19)26(2,3)4)25(30)28-22-11-7-6-10-21(22)24(29)27-17-20-9-8-16-31-20/h6-16,23H,5,17H2,1-4H3,(H,27,29)(H,28,30).